The molecule has 38 heteroatoms. The number of halogens is 4. The fourth-order valence-electron chi connectivity index (χ4n) is 16.2. The lowest BCUT2D eigenvalue weighted by Crippen LogP contribution is -2.49. The molecular weight excluding hydrogens is 1740 g/mol. The number of hydrogen-bond donors (Lipinski definition) is 0. The summed E-state index contributed by atoms with van der Waals surface area (Å²) in [5.41, 5.74) is 0.972. The van der Waals surface area contributed by atoms with Gasteiger partial charge in [0, 0.05) is 44.3 Å². The van der Waals surface area contributed by atoms with Gasteiger partial charge in [0.2, 0.25) is 0 Å². The van der Waals surface area contributed by atoms with E-state index in [1.165, 1.54) is 97.1 Å². The topological polar surface area (TPSA) is 354 Å². The number of aryl methyl sites for hydroxylation is 1. The van der Waals surface area contributed by atoms with Crippen LogP contribution in [0.2, 0.25) is 20.1 Å². The molecule has 5 aromatic rings. The third-order valence-corrected chi connectivity index (χ3v) is 44.2. The Kier molecular flexibility index (Phi) is 31.5. The lowest BCUT2D eigenvalue weighted by Gasteiger charge is -2.36. The molecule has 0 unspecified atom stereocenters. The molecule has 0 saturated carbocycles. The number of rotatable bonds is 19. The van der Waals surface area contributed by atoms with Crippen LogP contribution in [0.4, 0.5) is 0 Å². The molecule has 0 amide bonds. The van der Waals surface area contributed by atoms with E-state index in [1.54, 1.807) is 24.3 Å². The van der Waals surface area contributed by atoms with Crippen LogP contribution >= 0.6 is 46.4 Å². The molecule has 10 atom stereocenters. The number of likely N-dealkylation sites (tertiary alicyclic amines) is 3. The number of piperidine rings is 2. The standard InChI is InChI=1S/C16H22ClNO4S2.C16H25NO4S2.C15H20ClNO4S2.C14H18ClNO4S2.C14H19ClO4S2/c1-12-6-8-18(9-7-12)15-10-23(19,20)11-16(15)24(21,22)14-4-2-13(17)3-5-14;1-4-5-10-17(3)15-11-22(18,19)12-16(15)23(20,21)14-8-6-13(2)7-9-14;16-12-4-6-13(7-5-12)23(20,21)15-11-22(18,19)10-14(15)17-8-2-1-3-9-17;15-11-3-5-12(6-4-11)22(19,20)14-10-21(17,18)9-13(14)16-7-1-2-8-16;1-10(2)7-11-8-20(16,17)9-14(11)21(18,19)13-5-3-12(15)4-6-13/h2-5,12,15-16H,6-11H2,1H3;6-9,15-16H,4-5,10-12H2,1-3H3;4-7,14-15H,1-3,8-11H2;3-6,13-14H,1-2,7-10H2;3-6,10-11,14H,7-9H2,1-2H3/t2*15-,16-;14-,15-;13-,14-;11-,14-/m00000/s1. The Labute approximate surface area is 691 Å². The van der Waals surface area contributed by atoms with E-state index in [9.17, 15) is 84.2 Å². The van der Waals surface area contributed by atoms with Gasteiger partial charge < -0.3 is 4.90 Å². The molecule has 13 rings (SSSR count). The molecule has 113 heavy (non-hydrogen) atoms. The van der Waals surface area contributed by atoms with Crippen LogP contribution in [0, 0.1) is 24.7 Å². The SMILES string of the molecule is CC(C)C[C@H]1CS(=O)(=O)C[C@@H]1S(=O)(=O)c1ccc(Cl)cc1.CC1CCN([C@H]2CS(=O)(=O)C[C@@H]2S(=O)(=O)c2ccc(Cl)cc2)CC1.CCCCN(C)[C@H]1CS(=O)(=O)C[C@@H]1S(=O)(=O)c1ccc(C)cc1.O=S1(=O)C[C@H](N2CCCC2)[C@@H](S(=O)(=O)c2ccc(Cl)cc2)C1.O=S1(=O)C[C@H](N2CCCCC2)[C@@H](S(=O)(=O)c2ccc(Cl)cc2)C1. The number of hydrogen-bond acceptors (Lipinski definition) is 24. The van der Waals surface area contributed by atoms with Crippen molar-refractivity contribution in [1.82, 2.24) is 19.6 Å². The van der Waals surface area contributed by atoms with Crippen LogP contribution in [0.1, 0.15) is 97.5 Å². The van der Waals surface area contributed by atoms with E-state index >= 15 is 0 Å². The zero-order valence-electron chi connectivity index (χ0n) is 64.1. The molecule has 0 aromatic heterocycles. The Balaban J connectivity index is 0.000000162. The van der Waals surface area contributed by atoms with Gasteiger partial charge in [-0.25, -0.2) is 84.2 Å². The Bertz CT molecular complexity index is 5310. The van der Waals surface area contributed by atoms with Crippen LogP contribution in [-0.2, 0) is 98.4 Å². The van der Waals surface area contributed by atoms with Gasteiger partial charge in [-0.1, -0.05) is 105 Å². The minimum Gasteiger partial charge on any atom is -0.301 e. The summed E-state index contributed by atoms with van der Waals surface area (Å²) in [7, 11) is -33.3. The van der Waals surface area contributed by atoms with Gasteiger partial charge in [0.25, 0.3) is 0 Å². The molecule has 632 valence electrons. The maximum Gasteiger partial charge on any atom is 0.183 e. The Morgan fingerprint density at radius 3 is 0.991 bits per heavy atom. The normalized spacial score (nSPS) is 27.3. The highest BCUT2D eigenvalue weighted by Gasteiger charge is 2.53. The van der Waals surface area contributed by atoms with E-state index in [4.69, 9.17) is 46.4 Å². The second-order valence-corrected chi connectivity index (χ2v) is 54.8. The summed E-state index contributed by atoms with van der Waals surface area (Å²) in [5, 5.41) is -2.63. The Morgan fingerprint density at radius 1 is 0.381 bits per heavy atom. The first-order chi connectivity index (χ1) is 52.6. The molecule has 0 radical (unpaired) electrons. The van der Waals surface area contributed by atoms with Crippen molar-refractivity contribution in [2.24, 2.45) is 17.8 Å². The summed E-state index contributed by atoms with van der Waals surface area (Å²) in [5.74, 6) is -1.25. The lowest BCUT2D eigenvalue weighted by molar-refractivity contribution is 0.151. The zero-order valence-corrected chi connectivity index (χ0v) is 75.3. The van der Waals surface area contributed by atoms with Crippen LogP contribution < -0.4 is 0 Å². The van der Waals surface area contributed by atoms with Gasteiger partial charge >= 0.3 is 0 Å². The van der Waals surface area contributed by atoms with Crippen molar-refractivity contribution in [3.05, 3.63) is 147 Å². The molecule has 24 nitrogen and oxygen atoms in total. The van der Waals surface area contributed by atoms with Crippen LogP contribution in [0.25, 0.3) is 0 Å². The van der Waals surface area contributed by atoms with Gasteiger partial charge in [-0.05, 0) is 238 Å². The fourth-order valence-corrected chi connectivity index (χ4v) is 41.1. The largest absolute Gasteiger partial charge is 0.301 e. The maximum absolute atomic E-state index is 13.0. The monoisotopic (exact) mass is 1840 g/mol. The van der Waals surface area contributed by atoms with Crippen molar-refractivity contribution < 1.29 is 84.2 Å². The van der Waals surface area contributed by atoms with Crippen molar-refractivity contribution in [3.8, 4) is 0 Å². The predicted octanol–water partition coefficient (Wildman–Crippen LogP) is 9.39. The minimum absolute atomic E-state index is 0.0390. The molecule has 0 N–H and O–H groups in total. The van der Waals surface area contributed by atoms with Crippen LogP contribution in [0.5, 0.6) is 0 Å². The van der Waals surface area contributed by atoms with E-state index in [-0.39, 0.29) is 93.8 Å². The smallest absolute Gasteiger partial charge is 0.183 e. The number of benzene rings is 5. The van der Waals surface area contributed by atoms with E-state index in [2.05, 4.69) is 18.7 Å². The molecular formula is C75H104Cl4N4O20S10. The zero-order chi connectivity index (χ0) is 83.2. The third kappa shape index (κ3) is 24.2. The summed E-state index contributed by atoms with van der Waals surface area (Å²) in [6.07, 6.45) is 9.53. The highest BCUT2D eigenvalue weighted by atomic mass is 35.5. The van der Waals surface area contributed by atoms with Crippen LogP contribution in [0.15, 0.2) is 146 Å². The summed E-state index contributed by atoms with van der Waals surface area (Å²) >= 11 is 23.2. The molecule has 0 aliphatic carbocycles. The van der Waals surface area contributed by atoms with E-state index < -0.39 is 149 Å². The van der Waals surface area contributed by atoms with Gasteiger partial charge in [0.05, 0.1) is 108 Å². The first-order valence-electron chi connectivity index (χ1n) is 37.8. The molecule has 0 bridgehead atoms. The van der Waals surface area contributed by atoms with Crippen LogP contribution in [-0.4, -0.2) is 265 Å². The highest BCUT2D eigenvalue weighted by Crippen LogP contribution is 2.38. The van der Waals surface area contributed by atoms with Gasteiger partial charge in [-0.3, -0.25) is 14.7 Å². The van der Waals surface area contributed by atoms with E-state index in [0.717, 1.165) is 103 Å². The molecule has 0 spiro atoms. The van der Waals surface area contributed by atoms with E-state index in [1.807, 2.05) is 42.5 Å². The van der Waals surface area contributed by atoms with Crippen molar-refractivity contribution in [2.75, 3.05) is 110 Å². The first-order valence-corrected chi connectivity index (χ1v) is 56.1. The number of sulfone groups is 10. The van der Waals surface area contributed by atoms with Gasteiger partial charge in [0.1, 0.15) is 0 Å². The molecule has 8 fully saturated rings. The minimum atomic E-state index is -3.72. The van der Waals surface area contributed by atoms with E-state index in [0.29, 0.717) is 39.0 Å². The highest BCUT2D eigenvalue weighted by molar-refractivity contribution is 7.98. The quantitative estimate of drug-likeness (QED) is 0.0742. The lowest BCUT2D eigenvalue weighted by atomic mass is 9.96. The van der Waals surface area contributed by atoms with Crippen molar-refractivity contribution in [3.63, 3.8) is 0 Å². The summed E-state index contributed by atoms with van der Waals surface area (Å²) < 4.78 is 250. The third-order valence-electron chi connectivity index (χ3n) is 22.4. The number of nitrogens with zero attached hydrogens (tertiary/aromatic N) is 4. The van der Waals surface area contributed by atoms with Gasteiger partial charge in [-0.15, -0.1) is 0 Å². The summed E-state index contributed by atoms with van der Waals surface area (Å²) in [6.45, 7) is 15.4. The second kappa shape index (κ2) is 38.1. The Hall–Kier alpha value is -3.40. The predicted molar refractivity (Wildman–Crippen MR) is 447 cm³/mol. The van der Waals surface area contributed by atoms with Crippen LogP contribution in [0.3, 0.4) is 0 Å². The number of unbranched alkanes of at least 4 members (excludes halogenated alkanes) is 1. The molecule has 8 aliphatic heterocycles. The Morgan fingerprint density at radius 2 is 0.655 bits per heavy atom. The maximum atomic E-state index is 13.0. The second-order valence-electron chi connectivity index (χ2n) is 31.5. The van der Waals surface area contributed by atoms with Gasteiger partial charge in [-0.2, -0.15) is 0 Å². The summed E-state index contributed by atoms with van der Waals surface area (Å²) in [6, 6.07) is 28.5. The average Bonchev–Trinajstić information content (AvgIpc) is 1.64. The molecule has 8 saturated heterocycles. The fraction of sp³-hybridized carbons (Fsp3) is 0.600. The molecule has 8 heterocycles. The van der Waals surface area contributed by atoms with Crippen molar-refractivity contribution in [2.45, 2.75) is 174 Å². The average molecular weight is 1840 g/mol. The molecule has 8 aliphatic rings. The van der Waals surface area contributed by atoms with Crippen molar-refractivity contribution >= 4 is 145 Å². The molecule has 5 aromatic carbocycles. The summed E-state index contributed by atoms with van der Waals surface area (Å²) in [4.78, 5) is 8.79. The first kappa shape index (κ1) is 93.5. The van der Waals surface area contributed by atoms with Gasteiger partial charge in [0.15, 0.2) is 98.4 Å². The van der Waals surface area contributed by atoms with Crippen molar-refractivity contribution in [1.29, 1.82) is 0 Å².